The summed E-state index contributed by atoms with van der Waals surface area (Å²) in [5.74, 6) is 1.43. The Hall–Kier alpha value is -3.29. The largest absolute Gasteiger partial charge is 0.493 e. The van der Waals surface area contributed by atoms with Crippen molar-refractivity contribution < 1.29 is 24.1 Å². The highest BCUT2D eigenvalue weighted by molar-refractivity contribution is 6.10. The van der Waals surface area contributed by atoms with Gasteiger partial charge in [-0.05, 0) is 30.3 Å². The van der Waals surface area contributed by atoms with Gasteiger partial charge in [0, 0.05) is 34.6 Å². The number of ether oxygens (including phenoxy) is 3. The molecule has 0 heterocycles. The molecule has 0 aliphatic heterocycles. The number of benzene rings is 3. The number of hydrogen-bond acceptors (Lipinski definition) is 6. The van der Waals surface area contributed by atoms with E-state index < -0.39 is 6.10 Å². The predicted octanol–water partition coefficient (Wildman–Crippen LogP) is 3.85. The van der Waals surface area contributed by atoms with Gasteiger partial charge in [0.05, 0.1) is 14.2 Å². The second kappa shape index (κ2) is 10.8. The molecule has 3 rings (SSSR count). The lowest BCUT2D eigenvalue weighted by molar-refractivity contribution is 0.102. The first-order valence-electron chi connectivity index (χ1n) is 10.5. The van der Waals surface area contributed by atoms with Crippen LogP contribution in [0.1, 0.15) is 24.2 Å². The monoisotopic (exact) mass is 438 g/mol. The normalized spacial score (nSPS) is 11.9. The molecular weight excluding hydrogens is 408 g/mol. The zero-order valence-corrected chi connectivity index (χ0v) is 18.8. The molecule has 1 atom stereocenters. The lowest BCUT2D eigenvalue weighted by atomic mass is 10.1. The Kier molecular flexibility index (Phi) is 7.92. The van der Waals surface area contributed by atoms with Crippen LogP contribution in [0.5, 0.6) is 17.2 Å². The second-order valence-electron chi connectivity index (χ2n) is 7.71. The summed E-state index contributed by atoms with van der Waals surface area (Å²) >= 11 is 0. The molecule has 0 radical (unpaired) electrons. The molecule has 0 saturated heterocycles. The van der Waals surface area contributed by atoms with Gasteiger partial charge in [0.15, 0.2) is 11.5 Å². The van der Waals surface area contributed by atoms with Crippen LogP contribution in [0.2, 0.25) is 0 Å². The van der Waals surface area contributed by atoms with Crippen LogP contribution in [-0.4, -0.2) is 50.5 Å². The summed E-state index contributed by atoms with van der Waals surface area (Å²) in [4.78, 5) is 12.9. The van der Waals surface area contributed by atoms with E-state index in [2.05, 4.69) is 10.6 Å². The molecule has 0 aliphatic carbocycles. The van der Waals surface area contributed by atoms with Crippen LogP contribution in [0.3, 0.4) is 0 Å². The number of anilines is 1. The second-order valence-corrected chi connectivity index (χ2v) is 7.71. The Morgan fingerprint density at radius 2 is 1.66 bits per heavy atom. The van der Waals surface area contributed by atoms with Crippen molar-refractivity contribution >= 4 is 22.4 Å². The SMILES string of the molecule is COc1ccc(C(=O)Nc2cccc3c(OCC(O)CNC(C)C)cccc23)cc1OC. The summed E-state index contributed by atoms with van der Waals surface area (Å²) in [5, 5.41) is 18.0. The maximum atomic E-state index is 12.9. The van der Waals surface area contributed by atoms with Gasteiger partial charge in [-0.25, -0.2) is 0 Å². The number of aliphatic hydroxyl groups is 1. The molecule has 3 aromatic carbocycles. The molecule has 0 saturated carbocycles. The van der Waals surface area contributed by atoms with E-state index in [1.165, 1.54) is 7.11 Å². The number of methoxy groups -OCH3 is 2. The summed E-state index contributed by atoms with van der Waals surface area (Å²) in [5.41, 5.74) is 1.11. The van der Waals surface area contributed by atoms with Crippen molar-refractivity contribution in [1.29, 1.82) is 0 Å². The Labute approximate surface area is 188 Å². The fraction of sp³-hybridized carbons (Fsp3) is 0.320. The third kappa shape index (κ3) is 5.69. The molecule has 0 aliphatic rings. The third-order valence-corrected chi connectivity index (χ3v) is 4.97. The third-order valence-electron chi connectivity index (χ3n) is 4.97. The van der Waals surface area contributed by atoms with Gasteiger partial charge in [0.2, 0.25) is 0 Å². The molecule has 0 bridgehead atoms. The fourth-order valence-corrected chi connectivity index (χ4v) is 3.30. The number of rotatable bonds is 10. The Bertz CT molecular complexity index is 1070. The smallest absolute Gasteiger partial charge is 0.255 e. The maximum absolute atomic E-state index is 12.9. The zero-order chi connectivity index (χ0) is 23.1. The molecule has 1 amide bonds. The highest BCUT2D eigenvalue weighted by atomic mass is 16.5. The van der Waals surface area contributed by atoms with Gasteiger partial charge < -0.3 is 30.0 Å². The van der Waals surface area contributed by atoms with Crippen molar-refractivity contribution in [3.63, 3.8) is 0 Å². The molecule has 1 unspecified atom stereocenters. The van der Waals surface area contributed by atoms with E-state index in [-0.39, 0.29) is 12.5 Å². The fourth-order valence-electron chi connectivity index (χ4n) is 3.30. The van der Waals surface area contributed by atoms with Crippen molar-refractivity contribution in [3.05, 3.63) is 60.2 Å². The minimum atomic E-state index is -0.624. The van der Waals surface area contributed by atoms with Crippen molar-refractivity contribution in [2.24, 2.45) is 0 Å². The highest BCUT2D eigenvalue weighted by Gasteiger charge is 2.14. The summed E-state index contributed by atoms with van der Waals surface area (Å²) in [7, 11) is 3.08. The molecule has 3 N–H and O–H groups in total. The van der Waals surface area contributed by atoms with Gasteiger partial charge >= 0.3 is 0 Å². The van der Waals surface area contributed by atoms with Crippen molar-refractivity contribution in [2.75, 3.05) is 32.7 Å². The molecular formula is C25H30N2O5. The molecule has 3 aromatic rings. The maximum Gasteiger partial charge on any atom is 0.255 e. The molecule has 0 spiro atoms. The highest BCUT2D eigenvalue weighted by Crippen LogP contribution is 2.32. The molecule has 7 nitrogen and oxygen atoms in total. The Morgan fingerprint density at radius 3 is 2.38 bits per heavy atom. The minimum Gasteiger partial charge on any atom is -0.493 e. The van der Waals surface area contributed by atoms with E-state index in [9.17, 15) is 9.90 Å². The van der Waals surface area contributed by atoms with Gasteiger partial charge in [0.25, 0.3) is 5.91 Å². The van der Waals surface area contributed by atoms with E-state index in [0.29, 0.717) is 41.1 Å². The van der Waals surface area contributed by atoms with Gasteiger partial charge in [-0.3, -0.25) is 4.79 Å². The average Bonchev–Trinajstić information content (AvgIpc) is 2.81. The van der Waals surface area contributed by atoms with Crippen LogP contribution in [0.15, 0.2) is 54.6 Å². The van der Waals surface area contributed by atoms with Gasteiger partial charge in [-0.15, -0.1) is 0 Å². The summed E-state index contributed by atoms with van der Waals surface area (Å²) in [6, 6.07) is 16.6. The number of fused-ring (bicyclic) bond motifs is 1. The summed E-state index contributed by atoms with van der Waals surface area (Å²) < 4.78 is 16.4. The Morgan fingerprint density at radius 1 is 0.938 bits per heavy atom. The zero-order valence-electron chi connectivity index (χ0n) is 18.8. The average molecular weight is 439 g/mol. The quantitative estimate of drug-likeness (QED) is 0.446. The van der Waals surface area contributed by atoms with Crippen LogP contribution >= 0.6 is 0 Å². The number of amides is 1. The van der Waals surface area contributed by atoms with Crippen LogP contribution < -0.4 is 24.8 Å². The van der Waals surface area contributed by atoms with E-state index in [0.717, 1.165) is 10.8 Å². The van der Waals surface area contributed by atoms with Crippen LogP contribution in [0.25, 0.3) is 10.8 Å². The van der Waals surface area contributed by atoms with Crippen LogP contribution in [0, 0.1) is 0 Å². The minimum absolute atomic E-state index is 0.168. The first kappa shape index (κ1) is 23.4. The van der Waals surface area contributed by atoms with Crippen molar-refractivity contribution in [3.8, 4) is 17.2 Å². The molecule has 170 valence electrons. The van der Waals surface area contributed by atoms with Crippen molar-refractivity contribution in [1.82, 2.24) is 5.32 Å². The lowest BCUT2D eigenvalue weighted by Gasteiger charge is -2.17. The molecule has 0 fully saturated rings. The van der Waals surface area contributed by atoms with Gasteiger partial charge in [-0.2, -0.15) is 0 Å². The Balaban J connectivity index is 1.78. The summed E-state index contributed by atoms with van der Waals surface area (Å²) in [6.07, 6.45) is -0.624. The summed E-state index contributed by atoms with van der Waals surface area (Å²) in [6.45, 7) is 4.67. The van der Waals surface area contributed by atoms with E-state index in [4.69, 9.17) is 14.2 Å². The number of nitrogens with one attached hydrogen (secondary N) is 2. The van der Waals surface area contributed by atoms with E-state index >= 15 is 0 Å². The first-order chi connectivity index (χ1) is 15.4. The molecule has 0 aromatic heterocycles. The van der Waals surface area contributed by atoms with Crippen molar-refractivity contribution in [2.45, 2.75) is 26.0 Å². The first-order valence-corrected chi connectivity index (χ1v) is 10.5. The number of carbonyl (C=O) groups excluding carboxylic acids is 1. The van der Waals surface area contributed by atoms with E-state index in [1.54, 1.807) is 25.3 Å². The number of aliphatic hydroxyl groups excluding tert-OH is 1. The van der Waals surface area contributed by atoms with Gasteiger partial charge in [-0.1, -0.05) is 38.1 Å². The van der Waals surface area contributed by atoms with Crippen LogP contribution in [0.4, 0.5) is 5.69 Å². The number of carbonyl (C=O) groups is 1. The lowest BCUT2D eigenvalue weighted by Crippen LogP contribution is -2.35. The predicted molar refractivity (Wildman–Crippen MR) is 126 cm³/mol. The van der Waals surface area contributed by atoms with Crippen LogP contribution in [-0.2, 0) is 0 Å². The molecule has 32 heavy (non-hydrogen) atoms. The number of hydrogen-bond donors (Lipinski definition) is 3. The van der Waals surface area contributed by atoms with E-state index in [1.807, 2.05) is 50.2 Å². The standard InChI is InChI=1S/C25H30N2O5/c1-16(2)26-14-18(28)15-32-22-10-6-7-19-20(22)8-5-9-21(19)27-25(29)17-11-12-23(30-3)24(13-17)31-4/h5-13,16,18,26,28H,14-15H2,1-4H3,(H,27,29). The topological polar surface area (TPSA) is 89.1 Å². The molecule has 7 heteroatoms. The van der Waals surface area contributed by atoms with Gasteiger partial charge in [0.1, 0.15) is 18.5 Å².